The van der Waals surface area contributed by atoms with Crippen molar-refractivity contribution >= 4 is 6.03 Å². The van der Waals surface area contributed by atoms with E-state index in [1.807, 2.05) is 5.32 Å². The molecule has 0 saturated carbocycles. The van der Waals surface area contributed by atoms with Gasteiger partial charge in [0.2, 0.25) is 0 Å². The monoisotopic (exact) mass is 260 g/mol. The van der Waals surface area contributed by atoms with E-state index in [1.54, 1.807) is 37.3 Å². The Bertz CT molecular complexity index is 379. The standard InChI is InChI=1S/C12H15F3N2O/c1-2-16-11(18)17-10(12(13,14)15)8-9-6-4-3-5-7-9/h3-7,10H,2,8H2,1H3,(H2,16,17,18)/t10-/m0/s1. The second-order valence-electron chi connectivity index (χ2n) is 3.79. The molecule has 0 saturated heterocycles. The summed E-state index contributed by atoms with van der Waals surface area (Å²) in [6.45, 7) is 1.92. The first-order chi connectivity index (χ1) is 8.43. The molecule has 3 nitrogen and oxygen atoms in total. The predicted molar refractivity (Wildman–Crippen MR) is 62.2 cm³/mol. The number of alkyl halides is 3. The van der Waals surface area contributed by atoms with Crippen LogP contribution in [0.4, 0.5) is 18.0 Å². The van der Waals surface area contributed by atoms with E-state index in [1.165, 1.54) is 0 Å². The SMILES string of the molecule is CCNC(=O)N[C@@H](Cc1ccccc1)C(F)(F)F. The van der Waals surface area contributed by atoms with Crippen molar-refractivity contribution in [1.82, 2.24) is 10.6 Å². The number of carbonyl (C=O) groups is 1. The zero-order valence-corrected chi connectivity index (χ0v) is 9.92. The lowest BCUT2D eigenvalue weighted by molar-refractivity contribution is -0.152. The van der Waals surface area contributed by atoms with Gasteiger partial charge in [-0.3, -0.25) is 0 Å². The molecule has 0 heterocycles. The van der Waals surface area contributed by atoms with Crippen molar-refractivity contribution in [2.75, 3.05) is 6.54 Å². The van der Waals surface area contributed by atoms with Crippen LogP contribution in [0.2, 0.25) is 0 Å². The van der Waals surface area contributed by atoms with Gasteiger partial charge in [-0.15, -0.1) is 0 Å². The molecule has 1 rings (SSSR count). The van der Waals surface area contributed by atoms with Gasteiger partial charge in [0.25, 0.3) is 0 Å². The van der Waals surface area contributed by atoms with Crippen LogP contribution in [-0.2, 0) is 6.42 Å². The molecule has 0 aromatic heterocycles. The molecule has 1 aromatic carbocycles. The minimum absolute atomic E-state index is 0.276. The van der Waals surface area contributed by atoms with Crippen LogP contribution in [0.1, 0.15) is 12.5 Å². The Balaban J connectivity index is 2.71. The lowest BCUT2D eigenvalue weighted by atomic mass is 10.1. The Hall–Kier alpha value is -1.72. The molecule has 0 bridgehead atoms. The van der Waals surface area contributed by atoms with Crippen LogP contribution in [0, 0.1) is 0 Å². The summed E-state index contributed by atoms with van der Waals surface area (Å²) >= 11 is 0. The van der Waals surface area contributed by atoms with E-state index >= 15 is 0 Å². The molecule has 100 valence electrons. The number of carbonyl (C=O) groups excluding carboxylic acids is 1. The van der Waals surface area contributed by atoms with Crippen LogP contribution in [-0.4, -0.2) is 24.8 Å². The van der Waals surface area contributed by atoms with Crippen molar-refractivity contribution in [1.29, 1.82) is 0 Å². The number of rotatable bonds is 4. The third-order valence-electron chi connectivity index (χ3n) is 2.32. The molecule has 18 heavy (non-hydrogen) atoms. The molecule has 1 atom stereocenters. The molecule has 0 aliphatic rings. The Morgan fingerprint density at radius 1 is 1.28 bits per heavy atom. The molecule has 0 aliphatic carbocycles. The van der Waals surface area contributed by atoms with Gasteiger partial charge in [0.1, 0.15) is 6.04 Å². The molecule has 2 N–H and O–H groups in total. The topological polar surface area (TPSA) is 41.1 Å². The number of benzene rings is 1. The number of urea groups is 1. The summed E-state index contributed by atoms with van der Waals surface area (Å²) in [6, 6.07) is 5.55. The Kier molecular flexibility index (Phi) is 5.00. The first kappa shape index (κ1) is 14.3. The highest BCUT2D eigenvalue weighted by atomic mass is 19.4. The van der Waals surface area contributed by atoms with E-state index in [0.717, 1.165) is 0 Å². The maximum Gasteiger partial charge on any atom is 0.408 e. The van der Waals surface area contributed by atoms with E-state index in [4.69, 9.17) is 0 Å². The molecule has 0 spiro atoms. The summed E-state index contributed by atoms with van der Waals surface area (Å²) in [4.78, 5) is 11.2. The number of nitrogens with one attached hydrogen (secondary N) is 2. The minimum atomic E-state index is -4.47. The third-order valence-corrected chi connectivity index (χ3v) is 2.32. The van der Waals surface area contributed by atoms with Gasteiger partial charge in [0.05, 0.1) is 0 Å². The lowest BCUT2D eigenvalue weighted by Crippen LogP contribution is -2.50. The molecule has 1 aromatic rings. The van der Waals surface area contributed by atoms with E-state index < -0.39 is 18.2 Å². The zero-order valence-electron chi connectivity index (χ0n) is 9.92. The Morgan fingerprint density at radius 2 is 1.89 bits per heavy atom. The Labute approximate surface area is 103 Å². The van der Waals surface area contributed by atoms with Crippen LogP contribution in [0.15, 0.2) is 30.3 Å². The fourth-order valence-corrected chi connectivity index (χ4v) is 1.47. The van der Waals surface area contributed by atoms with Crippen LogP contribution in [0.25, 0.3) is 0 Å². The van der Waals surface area contributed by atoms with Gasteiger partial charge in [-0.2, -0.15) is 13.2 Å². The molecule has 0 fully saturated rings. The van der Waals surface area contributed by atoms with Gasteiger partial charge in [-0.1, -0.05) is 30.3 Å². The quantitative estimate of drug-likeness (QED) is 0.858. The highest BCUT2D eigenvalue weighted by Crippen LogP contribution is 2.23. The highest BCUT2D eigenvalue weighted by molar-refractivity contribution is 5.74. The van der Waals surface area contributed by atoms with Gasteiger partial charge < -0.3 is 10.6 Å². The van der Waals surface area contributed by atoms with Crippen molar-refractivity contribution in [3.05, 3.63) is 35.9 Å². The predicted octanol–water partition coefficient (Wildman–Crippen LogP) is 2.48. The summed E-state index contributed by atoms with van der Waals surface area (Å²) in [7, 11) is 0. The summed E-state index contributed by atoms with van der Waals surface area (Å²) in [6.07, 6.45) is -4.75. The van der Waals surface area contributed by atoms with Gasteiger partial charge in [0.15, 0.2) is 0 Å². The number of amides is 2. The lowest BCUT2D eigenvalue weighted by Gasteiger charge is -2.21. The number of hydrogen-bond acceptors (Lipinski definition) is 1. The zero-order chi connectivity index (χ0) is 13.6. The Morgan fingerprint density at radius 3 is 2.39 bits per heavy atom. The smallest absolute Gasteiger partial charge is 0.338 e. The molecule has 2 amide bonds. The molecule has 6 heteroatoms. The maximum absolute atomic E-state index is 12.8. The van der Waals surface area contributed by atoms with Gasteiger partial charge >= 0.3 is 12.2 Å². The molecule has 0 aliphatic heterocycles. The average molecular weight is 260 g/mol. The first-order valence-electron chi connectivity index (χ1n) is 5.58. The molecular formula is C12H15F3N2O. The van der Waals surface area contributed by atoms with Crippen molar-refractivity contribution < 1.29 is 18.0 Å². The number of halogens is 3. The van der Waals surface area contributed by atoms with E-state index in [9.17, 15) is 18.0 Å². The van der Waals surface area contributed by atoms with E-state index in [-0.39, 0.29) is 13.0 Å². The summed E-state index contributed by atoms with van der Waals surface area (Å²) in [5, 5.41) is 4.22. The third kappa shape index (κ3) is 4.65. The van der Waals surface area contributed by atoms with Gasteiger partial charge in [-0.25, -0.2) is 4.79 Å². The largest absolute Gasteiger partial charge is 0.408 e. The van der Waals surface area contributed by atoms with Crippen LogP contribution < -0.4 is 10.6 Å². The van der Waals surface area contributed by atoms with Crippen LogP contribution in [0.3, 0.4) is 0 Å². The van der Waals surface area contributed by atoms with Crippen LogP contribution in [0.5, 0.6) is 0 Å². The van der Waals surface area contributed by atoms with Crippen molar-refractivity contribution in [3.63, 3.8) is 0 Å². The minimum Gasteiger partial charge on any atom is -0.338 e. The molecular weight excluding hydrogens is 245 g/mol. The summed E-state index contributed by atoms with van der Waals surface area (Å²) in [5.41, 5.74) is 0.525. The molecule has 0 radical (unpaired) electrons. The van der Waals surface area contributed by atoms with E-state index in [2.05, 4.69) is 5.32 Å². The van der Waals surface area contributed by atoms with Gasteiger partial charge in [0, 0.05) is 13.0 Å². The number of hydrogen-bond donors (Lipinski definition) is 2. The summed E-state index contributed by atoms with van der Waals surface area (Å²) in [5.74, 6) is 0. The first-order valence-corrected chi connectivity index (χ1v) is 5.58. The average Bonchev–Trinajstić information content (AvgIpc) is 2.28. The van der Waals surface area contributed by atoms with Crippen LogP contribution >= 0.6 is 0 Å². The molecule has 0 unspecified atom stereocenters. The fraction of sp³-hybridized carbons (Fsp3) is 0.417. The second kappa shape index (κ2) is 6.28. The van der Waals surface area contributed by atoms with Gasteiger partial charge in [-0.05, 0) is 12.5 Å². The fourth-order valence-electron chi connectivity index (χ4n) is 1.47. The van der Waals surface area contributed by atoms with Crippen molar-refractivity contribution in [2.45, 2.75) is 25.6 Å². The maximum atomic E-state index is 12.8. The second-order valence-corrected chi connectivity index (χ2v) is 3.79. The highest BCUT2D eigenvalue weighted by Gasteiger charge is 2.40. The van der Waals surface area contributed by atoms with Crippen molar-refractivity contribution in [3.8, 4) is 0 Å². The normalized spacial score (nSPS) is 12.9. The van der Waals surface area contributed by atoms with Crippen molar-refractivity contribution in [2.24, 2.45) is 0 Å². The summed E-state index contributed by atoms with van der Waals surface area (Å²) < 4.78 is 38.3. The van der Waals surface area contributed by atoms with E-state index in [0.29, 0.717) is 5.56 Å².